The fraction of sp³-hybridized carbons (Fsp3) is 0.700. The Kier molecular flexibility index (Phi) is 5.97. The number of hydrogen-bond donors (Lipinski definition) is 1. The van der Waals surface area contributed by atoms with Crippen LogP contribution in [0.4, 0.5) is 0 Å². The van der Waals surface area contributed by atoms with E-state index >= 15 is 0 Å². The molecule has 0 spiro atoms. The lowest BCUT2D eigenvalue weighted by Crippen LogP contribution is -2.15. The molecule has 1 nitrogen and oxygen atoms in total. The number of aliphatic hydroxyl groups is 1. The highest BCUT2D eigenvalue weighted by Gasteiger charge is 2.10. The quantitative estimate of drug-likeness (QED) is 0.612. The summed E-state index contributed by atoms with van der Waals surface area (Å²) in [6.07, 6.45) is 2.66. The normalized spacial score (nSPS) is 14.9. The molecule has 1 radical (unpaired) electrons. The van der Waals surface area contributed by atoms with Crippen molar-refractivity contribution in [1.82, 2.24) is 0 Å². The summed E-state index contributed by atoms with van der Waals surface area (Å²) in [5, 5.41) is 9.25. The Bertz CT molecular complexity index is 139. The predicted molar refractivity (Wildman–Crippen MR) is 47.8 cm³/mol. The van der Waals surface area contributed by atoms with Gasteiger partial charge in [-0.05, 0) is 19.3 Å². The third-order valence-corrected chi connectivity index (χ3v) is 1.97. The van der Waals surface area contributed by atoms with E-state index in [0.29, 0.717) is 5.92 Å². The van der Waals surface area contributed by atoms with Crippen LogP contribution in [0.2, 0.25) is 0 Å². The fourth-order valence-electron chi connectivity index (χ4n) is 1.13. The smallest absolute Gasteiger partial charge is 0.0540 e. The monoisotopic (exact) mass is 153 g/mol. The Morgan fingerprint density at radius 2 is 2.18 bits per heavy atom. The zero-order valence-corrected chi connectivity index (χ0v) is 7.43. The average Bonchev–Trinajstić information content (AvgIpc) is 1.97. The van der Waals surface area contributed by atoms with Crippen molar-refractivity contribution >= 4 is 0 Å². The summed E-state index contributed by atoms with van der Waals surface area (Å²) in [4.78, 5) is 0. The van der Waals surface area contributed by atoms with E-state index in [9.17, 15) is 5.11 Å². The van der Waals surface area contributed by atoms with E-state index in [1.165, 1.54) is 0 Å². The summed E-state index contributed by atoms with van der Waals surface area (Å²) in [5.41, 5.74) is 0. The van der Waals surface area contributed by atoms with Gasteiger partial charge in [-0.15, -0.1) is 11.8 Å². The summed E-state index contributed by atoms with van der Waals surface area (Å²) >= 11 is 0. The van der Waals surface area contributed by atoms with Crippen LogP contribution in [0.5, 0.6) is 0 Å². The highest BCUT2D eigenvalue weighted by atomic mass is 16.3. The molecule has 2 atom stereocenters. The summed E-state index contributed by atoms with van der Waals surface area (Å²) in [7, 11) is 0. The van der Waals surface area contributed by atoms with Crippen LogP contribution in [0.15, 0.2) is 0 Å². The highest BCUT2D eigenvalue weighted by molar-refractivity contribution is 5.01. The molecule has 0 aromatic heterocycles. The van der Waals surface area contributed by atoms with Crippen molar-refractivity contribution in [2.24, 2.45) is 5.92 Å². The Morgan fingerprint density at radius 1 is 1.55 bits per heavy atom. The topological polar surface area (TPSA) is 20.2 Å². The molecule has 63 valence electrons. The molecule has 11 heavy (non-hydrogen) atoms. The van der Waals surface area contributed by atoms with Crippen LogP contribution in [0.3, 0.4) is 0 Å². The lowest BCUT2D eigenvalue weighted by atomic mass is 9.95. The fourth-order valence-corrected chi connectivity index (χ4v) is 1.13. The van der Waals surface area contributed by atoms with Gasteiger partial charge in [-0.25, -0.2) is 0 Å². The summed E-state index contributed by atoms with van der Waals surface area (Å²) in [6.45, 7) is 7.36. The van der Waals surface area contributed by atoms with E-state index in [2.05, 4.69) is 25.7 Å². The second kappa shape index (κ2) is 6.24. The zero-order chi connectivity index (χ0) is 8.69. The van der Waals surface area contributed by atoms with Gasteiger partial charge in [0, 0.05) is 13.3 Å². The van der Waals surface area contributed by atoms with Crippen LogP contribution < -0.4 is 0 Å². The molecule has 0 bridgehead atoms. The molecule has 0 fully saturated rings. The van der Waals surface area contributed by atoms with E-state index in [-0.39, 0.29) is 6.10 Å². The second-order valence-corrected chi connectivity index (χ2v) is 2.80. The first kappa shape index (κ1) is 10.5. The van der Waals surface area contributed by atoms with E-state index in [1.54, 1.807) is 0 Å². The molecule has 0 aliphatic heterocycles. The van der Waals surface area contributed by atoms with Gasteiger partial charge in [0.2, 0.25) is 0 Å². The van der Waals surface area contributed by atoms with E-state index in [1.807, 2.05) is 6.92 Å². The summed E-state index contributed by atoms with van der Waals surface area (Å²) in [6, 6.07) is 0. The van der Waals surface area contributed by atoms with E-state index in [4.69, 9.17) is 0 Å². The minimum Gasteiger partial charge on any atom is -0.393 e. The van der Waals surface area contributed by atoms with Crippen LogP contribution in [0, 0.1) is 24.7 Å². The Morgan fingerprint density at radius 3 is 2.55 bits per heavy atom. The van der Waals surface area contributed by atoms with Gasteiger partial charge in [0.05, 0.1) is 6.10 Å². The molecular formula is C10H17O. The van der Waals surface area contributed by atoms with Crippen LogP contribution >= 0.6 is 0 Å². The van der Waals surface area contributed by atoms with Crippen LogP contribution in [0.1, 0.15) is 33.1 Å². The number of aliphatic hydroxyl groups excluding tert-OH is 1. The van der Waals surface area contributed by atoms with Gasteiger partial charge in [-0.3, -0.25) is 0 Å². The Balaban J connectivity index is 3.58. The first-order chi connectivity index (χ1) is 5.22. The second-order valence-electron chi connectivity index (χ2n) is 2.80. The summed E-state index contributed by atoms with van der Waals surface area (Å²) in [5.74, 6) is 5.90. The van der Waals surface area contributed by atoms with Crippen molar-refractivity contribution in [2.75, 3.05) is 0 Å². The standard InChI is InChI=1S/C10H17O/c1-4-6-7-8-10(5-2)9(3)11/h9-11H,1,5,7-8H2,2-3H3. The maximum atomic E-state index is 9.25. The molecule has 0 saturated carbocycles. The van der Waals surface area contributed by atoms with Crippen molar-refractivity contribution in [3.63, 3.8) is 0 Å². The lowest BCUT2D eigenvalue weighted by Gasteiger charge is -2.15. The van der Waals surface area contributed by atoms with Gasteiger partial charge >= 0.3 is 0 Å². The third-order valence-electron chi connectivity index (χ3n) is 1.97. The van der Waals surface area contributed by atoms with E-state index < -0.39 is 0 Å². The largest absolute Gasteiger partial charge is 0.393 e. The first-order valence-corrected chi connectivity index (χ1v) is 4.15. The molecular weight excluding hydrogens is 136 g/mol. The minimum atomic E-state index is -0.202. The number of rotatable bonds is 4. The first-order valence-electron chi connectivity index (χ1n) is 4.15. The maximum absolute atomic E-state index is 9.25. The molecule has 0 heterocycles. The van der Waals surface area contributed by atoms with Gasteiger partial charge in [0.1, 0.15) is 0 Å². The van der Waals surface area contributed by atoms with Crippen LogP contribution in [0.25, 0.3) is 0 Å². The molecule has 0 amide bonds. The zero-order valence-electron chi connectivity index (χ0n) is 7.43. The molecule has 0 saturated heterocycles. The van der Waals surface area contributed by atoms with Crippen molar-refractivity contribution < 1.29 is 5.11 Å². The SMILES string of the molecule is [CH2]C#CCCC(CC)C(C)O. The molecule has 2 unspecified atom stereocenters. The summed E-state index contributed by atoms with van der Waals surface area (Å²) < 4.78 is 0. The molecule has 0 aliphatic rings. The molecule has 0 rings (SSSR count). The Hall–Kier alpha value is -0.480. The maximum Gasteiger partial charge on any atom is 0.0540 e. The van der Waals surface area contributed by atoms with E-state index in [0.717, 1.165) is 19.3 Å². The van der Waals surface area contributed by atoms with Crippen molar-refractivity contribution in [3.8, 4) is 11.8 Å². The third kappa shape index (κ3) is 4.86. The Labute approximate surface area is 69.8 Å². The molecule has 0 aromatic rings. The highest BCUT2D eigenvalue weighted by Crippen LogP contribution is 2.14. The van der Waals surface area contributed by atoms with Crippen molar-refractivity contribution in [3.05, 3.63) is 6.92 Å². The van der Waals surface area contributed by atoms with Gasteiger partial charge in [-0.1, -0.05) is 13.3 Å². The predicted octanol–water partition coefficient (Wildman–Crippen LogP) is 2.01. The van der Waals surface area contributed by atoms with Gasteiger partial charge in [-0.2, -0.15) is 0 Å². The van der Waals surface area contributed by atoms with Gasteiger partial charge < -0.3 is 5.11 Å². The van der Waals surface area contributed by atoms with Gasteiger partial charge in [0.15, 0.2) is 0 Å². The molecule has 0 aliphatic carbocycles. The minimum absolute atomic E-state index is 0.202. The molecule has 1 N–H and O–H groups in total. The average molecular weight is 153 g/mol. The van der Waals surface area contributed by atoms with Crippen LogP contribution in [-0.4, -0.2) is 11.2 Å². The van der Waals surface area contributed by atoms with Crippen molar-refractivity contribution in [2.45, 2.75) is 39.2 Å². The molecule has 0 aromatic carbocycles. The molecule has 1 heteroatoms. The van der Waals surface area contributed by atoms with Crippen molar-refractivity contribution in [1.29, 1.82) is 0 Å². The number of hydrogen-bond acceptors (Lipinski definition) is 1. The van der Waals surface area contributed by atoms with Crippen LogP contribution in [-0.2, 0) is 0 Å². The lowest BCUT2D eigenvalue weighted by molar-refractivity contribution is 0.118. The van der Waals surface area contributed by atoms with Gasteiger partial charge in [0.25, 0.3) is 0 Å².